The second-order valence-corrected chi connectivity index (χ2v) is 4.43. The molecule has 0 bridgehead atoms. The second-order valence-electron chi connectivity index (χ2n) is 4.43. The van der Waals surface area contributed by atoms with Crippen LogP contribution in [-0.4, -0.2) is 21.2 Å². The summed E-state index contributed by atoms with van der Waals surface area (Å²) in [5.74, 6) is 0.246. The normalized spacial score (nSPS) is 10.5. The highest BCUT2D eigenvalue weighted by atomic mass is 16.2. The highest BCUT2D eigenvalue weighted by molar-refractivity contribution is 5.42. The minimum absolute atomic E-state index is 0.246. The number of aryl methyl sites for hydroxylation is 2. The van der Waals surface area contributed by atoms with E-state index < -0.39 is 11.4 Å². The maximum absolute atomic E-state index is 12.3. The Morgan fingerprint density at radius 3 is 2.47 bits per heavy atom. The average Bonchev–Trinajstić information content (AvgIpc) is 2.36. The number of nitrogens with one attached hydrogen (secondary N) is 1. The van der Waals surface area contributed by atoms with Crippen molar-refractivity contribution < 1.29 is 0 Å². The van der Waals surface area contributed by atoms with Crippen molar-refractivity contribution in [3.05, 3.63) is 50.3 Å². The van der Waals surface area contributed by atoms with E-state index in [-0.39, 0.29) is 5.95 Å². The Kier molecular flexibility index (Phi) is 3.25. The lowest BCUT2D eigenvalue weighted by molar-refractivity contribution is 0.700. The predicted octanol–water partition coefficient (Wildman–Crippen LogP) is 0.590. The van der Waals surface area contributed by atoms with Crippen molar-refractivity contribution >= 4 is 5.95 Å². The van der Waals surface area contributed by atoms with Crippen LogP contribution >= 0.6 is 0 Å². The molecule has 0 aliphatic rings. The first-order valence-electron chi connectivity index (χ1n) is 5.91. The number of rotatable bonds is 2. The molecule has 0 radical (unpaired) electrons. The van der Waals surface area contributed by atoms with Gasteiger partial charge in [-0.15, -0.1) is 0 Å². The molecule has 0 unspecified atom stereocenters. The standard InChI is InChI=1S/C13H16N4O2/c1-8-5-6-10(9(2)7-8)17-12(18)15-11(14-3)16(4)13(17)19/h5-7H,1-4H3,(H,14,15,18). The van der Waals surface area contributed by atoms with Gasteiger partial charge < -0.3 is 5.32 Å². The number of anilines is 1. The summed E-state index contributed by atoms with van der Waals surface area (Å²) in [6.45, 7) is 3.82. The zero-order chi connectivity index (χ0) is 14.2. The Bertz CT molecular complexity index is 743. The van der Waals surface area contributed by atoms with Gasteiger partial charge in [0.15, 0.2) is 0 Å². The topological polar surface area (TPSA) is 68.9 Å². The fraction of sp³-hybridized carbons (Fsp3) is 0.308. The minimum atomic E-state index is -0.584. The maximum atomic E-state index is 12.3. The zero-order valence-corrected chi connectivity index (χ0v) is 11.4. The van der Waals surface area contributed by atoms with E-state index >= 15 is 0 Å². The van der Waals surface area contributed by atoms with Crippen LogP contribution in [0.4, 0.5) is 5.95 Å². The van der Waals surface area contributed by atoms with E-state index in [0.29, 0.717) is 5.69 Å². The van der Waals surface area contributed by atoms with Crippen LogP contribution in [0.15, 0.2) is 27.8 Å². The third-order valence-corrected chi connectivity index (χ3v) is 3.01. The monoisotopic (exact) mass is 260 g/mol. The molecule has 0 amide bonds. The van der Waals surface area contributed by atoms with E-state index in [1.807, 2.05) is 26.0 Å². The van der Waals surface area contributed by atoms with Crippen LogP contribution < -0.4 is 16.7 Å². The molecule has 0 spiro atoms. The van der Waals surface area contributed by atoms with Gasteiger partial charge in [-0.1, -0.05) is 17.7 Å². The van der Waals surface area contributed by atoms with E-state index in [1.165, 1.54) is 4.57 Å². The van der Waals surface area contributed by atoms with Gasteiger partial charge in [-0.2, -0.15) is 4.98 Å². The molecular formula is C13H16N4O2. The lowest BCUT2D eigenvalue weighted by atomic mass is 10.1. The summed E-state index contributed by atoms with van der Waals surface area (Å²) >= 11 is 0. The third-order valence-electron chi connectivity index (χ3n) is 3.01. The highest BCUT2D eigenvalue weighted by Crippen LogP contribution is 2.12. The van der Waals surface area contributed by atoms with Gasteiger partial charge in [0, 0.05) is 14.1 Å². The van der Waals surface area contributed by atoms with Crippen LogP contribution in [0.1, 0.15) is 11.1 Å². The van der Waals surface area contributed by atoms with Gasteiger partial charge in [-0.3, -0.25) is 4.57 Å². The van der Waals surface area contributed by atoms with Crippen molar-refractivity contribution in [2.75, 3.05) is 12.4 Å². The molecule has 0 saturated heterocycles. The van der Waals surface area contributed by atoms with E-state index in [1.54, 1.807) is 20.2 Å². The Labute approximate surface area is 110 Å². The van der Waals surface area contributed by atoms with Crippen molar-refractivity contribution in [1.29, 1.82) is 0 Å². The molecular weight excluding hydrogens is 244 g/mol. The van der Waals surface area contributed by atoms with Gasteiger partial charge in [-0.05, 0) is 25.5 Å². The number of hydrogen-bond acceptors (Lipinski definition) is 4. The lowest BCUT2D eigenvalue weighted by Gasteiger charge is -2.12. The van der Waals surface area contributed by atoms with Crippen LogP contribution in [0.3, 0.4) is 0 Å². The molecule has 2 rings (SSSR count). The predicted molar refractivity (Wildman–Crippen MR) is 74.1 cm³/mol. The van der Waals surface area contributed by atoms with Gasteiger partial charge in [-0.25, -0.2) is 14.2 Å². The van der Waals surface area contributed by atoms with Crippen molar-refractivity contribution in [2.45, 2.75) is 13.8 Å². The molecule has 0 fully saturated rings. The first-order valence-corrected chi connectivity index (χ1v) is 5.91. The summed E-state index contributed by atoms with van der Waals surface area (Å²) in [6, 6.07) is 5.54. The van der Waals surface area contributed by atoms with Gasteiger partial charge in [0.25, 0.3) is 0 Å². The lowest BCUT2D eigenvalue weighted by Crippen LogP contribution is -2.40. The molecule has 0 saturated carbocycles. The van der Waals surface area contributed by atoms with Crippen LogP contribution in [0.2, 0.25) is 0 Å². The van der Waals surface area contributed by atoms with E-state index in [2.05, 4.69) is 10.3 Å². The zero-order valence-electron chi connectivity index (χ0n) is 11.4. The molecule has 1 N–H and O–H groups in total. The molecule has 1 aromatic carbocycles. The molecule has 2 aromatic rings. The molecule has 6 nitrogen and oxygen atoms in total. The summed E-state index contributed by atoms with van der Waals surface area (Å²) < 4.78 is 2.39. The molecule has 1 heterocycles. The minimum Gasteiger partial charge on any atom is -0.358 e. The average molecular weight is 260 g/mol. The third kappa shape index (κ3) is 2.16. The number of hydrogen-bond donors (Lipinski definition) is 1. The number of benzene rings is 1. The first kappa shape index (κ1) is 13.1. The Morgan fingerprint density at radius 2 is 1.89 bits per heavy atom. The maximum Gasteiger partial charge on any atom is 0.359 e. The summed E-state index contributed by atoms with van der Waals surface area (Å²) in [5, 5.41) is 2.72. The fourth-order valence-corrected chi connectivity index (χ4v) is 2.02. The first-order chi connectivity index (χ1) is 8.95. The van der Waals surface area contributed by atoms with Crippen molar-refractivity contribution in [1.82, 2.24) is 14.1 Å². The molecule has 1 aromatic heterocycles. The molecule has 0 aliphatic carbocycles. The summed E-state index contributed by atoms with van der Waals surface area (Å²) in [6.07, 6.45) is 0. The summed E-state index contributed by atoms with van der Waals surface area (Å²) in [4.78, 5) is 28.1. The van der Waals surface area contributed by atoms with Gasteiger partial charge >= 0.3 is 11.4 Å². The van der Waals surface area contributed by atoms with Crippen molar-refractivity contribution in [3.63, 3.8) is 0 Å². The molecule has 0 atom stereocenters. The van der Waals surface area contributed by atoms with Crippen molar-refractivity contribution in [2.24, 2.45) is 7.05 Å². The number of aromatic nitrogens is 3. The van der Waals surface area contributed by atoms with Crippen LogP contribution in [0, 0.1) is 13.8 Å². The summed E-state index contributed by atoms with van der Waals surface area (Å²) in [7, 11) is 3.18. The number of nitrogens with zero attached hydrogens (tertiary/aromatic N) is 3. The van der Waals surface area contributed by atoms with E-state index in [0.717, 1.165) is 15.7 Å². The molecule has 6 heteroatoms. The van der Waals surface area contributed by atoms with E-state index in [9.17, 15) is 9.59 Å². The molecule has 0 aliphatic heterocycles. The van der Waals surface area contributed by atoms with Crippen LogP contribution in [0.25, 0.3) is 5.69 Å². The second kappa shape index (κ2) is 4.72. The quantitative estimate of drug-likeness (QED) is 0.858. The Hall–Kier alpha value is -2.37. The molecule has 19 heavy (non-hydrogen) atoms. The van der Waals surface area contributed by atoms with Crippen molar-refractivity contribution in [3.8, 4) is 5.69 Å². The SMILES string of the molecule is CNc1nc(=O)n(-c2ccc(C)cc2C)c(=O)n1C. The Balaban J connectivity index is 2.80. The highest BCUT2D eigenvalue weighted by Gasteiger charge is 2.12. The molecule has 100 valence electrons. The van der Waals surface area contributed by atoms with Gasteiger partial charge in [0.1, 0.15) is 0 Å². The van der Waals surface area contributed by atoms with Crippen LogP contribution in [-0.2, 0) is 7.05 Å². The smallest absolute Gasteiger partial charge is 0.358 e. The summed E-state index contributed by atoms with van der Waals surface area (Å²) in [5.41, 5.74) is 1.49. The Morgan fingerprint density at radius 1 is 1.21 bits per heavy atom. The van der Waals surface area contributed by atoms with Gasteiger partial charge in [0.05, 0.1) is 5.69 Å². The van der Waals surface area contributed by atoms with E-state index in [4.69, 9.17) is 0 Å². The largest absolute Gasteiger partial charge is 0.359 e. The fourth-order valence-electron chi connectivity index (χ4n) is 2.02. The van der Waals surface area contributed by atoms with Crippen LogP contribution in [0.5, 0.6) is 0 Å². The van der Waals surface area contributed by atoms with Gasteiger partial charge in [0.2, 0.25) is 5.95 Å².